The standard InChI is InChI=1S/C6H13N3/c1-6-7-9(3)5-4-8(6)2/h4-5H2,1-3H3. The molecule has 3 nitrogen and oxygen atoms in total. The van der Waals surface area contributed by atoms with Gasteiger partial charge in [-0.05, 0) is 6.92 Å². The minimum atomic E-state index is 1.04. The summed E-state index contributed by atoms with van der Waals surface area (Å²) in [6, 6.07) is 0. The maximum atomic E-state index is 4.24. The summed E-state index contributed by atoms with van der Waals surface area (Å²) in [7, 11) is 4.06. The van der Waals surface area contributed by atoms with Gasteiger partial charge in [0.05, 0.1) is 6.54 Å². The second-order valence-corrected chi connectivity index (χ2v) is 2.45. The maximum absolute atomic E-state index is 4.24. The molecule has 0 aromatic carbocycles. The van der Waals surface area contributed by atoms with Gasteiger partial charge in [0.1, 0.15) is 5.84 Å². The van der Waals surface area contributed by atoms with Crippen LogP contribution in [0.15, 0.2) is 5.10 Å². The van der Waals surface area contributed by atoms with Crippen molar-refractivity contribution >= 4 is 5.84 Å². The summed E-state index contributed by atoms with van der Waals surface area (Å²) >= 11 is 0. The minimum absolute atomic E-state index is 1.04. The van der Waals surface area contributed by atoms with E-state index in [0.717, 1.165) is 18.9 Å². The minimum Gasteiger partial charge on any atom is -0.360 e. The second-order valence-electron chi connectivity index (χ2n) is 2.45. The summed E-state index contributed by atoms with van der Waals surface area (Å²) < 4.78 is 0. The lowest BCUT2D eigenvalue weighted by Gasteiger charge is -2.28. The van der Waals surface area contributed by atoms with Crippen LogP contribution >= 0.6 is 0 Å². The van der Waals surface area contributed by atoms with E-state index in [1.54, 1.807) is 0 Å². The lowest BCUT2D eigenvalue weighted by molar-refractivity contribution is 0.280. The molecule has 0 spiro atoms. The summed E-state index contributed by atoms with van der Waals surface area (Å²) in [5, 5.41) is 6.21. The Balaban J connectivity index is 2.61. The molecular formula is C6H13N3. The fourth-order valence-corrected chi connectivity index (χ4v) is 0.830. The first-order valence-electron chi connectivity index (χ1n) is 3.17. The third-order valence-electron chi connectivity index (χ3n) is 1.63. The average Bonchev–Trinajstić information content (AvgIpc) is 1.80. The van der Waals surface area contributed by atoms with Gasteiger partial charge in [-0.15, -0.1) is 0 Å². The van der Waals surface area contributed by atoms with Gasteiger partial charge in [-0.1, -0.05) is 0 Å². The lowest BCUT2D eigenvalue weighted by atomic mass is 10.4. The quantitative estimate of drug-likeness (QED) is 0.463. The third-order valence-corrected chi connectivity index (χ3v) is 1.63. The van der Waals surface area contributed by atoms with Crippen molar-refractivity contribution in [3.63, 3.8) is 0 Å². The van der Waals surface area contributed by atoms with Gasteiger partial charge in [-0.3, -0.25) is 5.01 Å². The van der Waals surface area contributed by atoms with Gasteiger partial charge in [-0.2, -0.15) is 5.10 Å². The molecule has 0 aliphatic carbocycles. The van der Waals surface area contributed by atoms with Gasteiger partial charge in [-0.25, -0.2) is 0 Å². The molecule has 0 fully saturated rings. The molecule has 1 aliphatic heterocycles. The van der Waals surface area contributed by atoms with E-state index in [4.69, 9.17) is 0 Å². The Morgan fingerprint density at radius 3 is 2.44 bits per heavy atom. The predicted molar refractivity (Wildman–Crippen MR) is 38.4 cm³/mol. The molecule has 1 heterocycles. The van der Waals surface area contributed by atoms with Gasteiger partial charge in [0.15, 0.2) is 0 Å². The van der Waals surface area contributed by atoms with Crippen molar-refractivity contribution in [3.05, 3.63) is 0 Å². The summed E-state index contributed by atoms with van der Waals surface area (Å²) in [5.41, 5.74) is 0. The predicted octanol–water partition coefficient (Wildman–Crippen LogP) is 0.197. The van der Waals surface area contributed by atoms with Crippen LogP contribution in [0.4, 0.5) is 0 Å². The molecule has 0 aromatic heterocycles. The summed E-state index contributed by atoms with van der Waals surface area (Å²) in [6.45, 7) is 4.15. The van der Waals surface area contributed by atoms with Crippen molar-refractivity contribution in [2.24, 2.45) is 5.10 Å². The van der Waals surface area contributed by atoms with Crippen LogP contribution in [0.5, 0.6) is 0 Å². The van der Waals surface area contributed by atoms with Crippen LogP contribution in [-0.4, -0.2) is 42.9 Å². The molecule has 0 aromatic rings. The number of hydrogen-bond acceptors (Lipinski definition) is 3. The second kappa shape index (κ2) is 2.25. The largest absolute Gasteiger partial charge is 0.360 e. The first kappa shape index (κ1) is 6.39. The van der Waals surface area contributed by atoms with Gasteiger partial charge in [0.25, 0.3) is 0 Å². The van der Waals surface area contributed by atoms with E-state index in [0.29, 0.717) is 0 Å². The van der Waals surface area contributed by atoms with Crippen molar-refractivity contribution in [1.82, 2.24) is 9.91 Å². The van der Waals surface area contributed by atoms with Gasteiger partial charge in [0.2, 0.25) is 0 Å². The zero-order valence-corrected chi connectivity index (χ0v) is 6.26. The van der Waals surface area contributed by atoms with Crippen molar-refractivity contribution < 1.29 is 0 Å². The molecule has 0 radical (unpaired) electrons. The summed E-state index contributed by atoms with van der Waals surface area (Å²) in [5.74, 6) is 1.10. The Hall–Kier alpha value is -0.730. The summed E-state index contributed by atoms with van der Waals surface area (Å²) in [6.07, 6.45) is 0. The SMILES string of the molecule is CC1=NN(C)CCN1C. The van der Waals surface area contributed by atoms with Gasteiger partial charge >= 0.3 is 0 Å². The molecule has 0 atom stereocenters. The Kier molecular flexibility index (Phi) is 1.60. The maximum Gasteiger partial charge on any atom is 0.121 e. The molecule has 52 valence electrons. The molecule has 0 amide bonds. The molecule has 9 heavy (non-hydrogen) atoms. The number of likely N-dealkylation sites (N-methyl/N-ethyl adjacent to an activating group) is 2. The fourth-order valence-electron chi connectivity index (χ4n) is 0.830. The first-order chi connectivity index (χ1) is 4.20. The number of hydrazone groups is 1. The lowest BCUT2D eigenvalue weighted by Crippen LogP contribution is -2.38. The Labute approximate surface area is 55.9 Å². The van der Waals surface area contributed by atoms with Crippen LogP contribution in [-0.2, 0) is 0 Å². The van der Waals surface area contributed by atoms with E-state index in [1.807, 2.05) is 19.0 Å². The molecule has 0 bridgehead atoms. The number of amidine groups is 1. The third kappa shape index (κ3) is 1.34. The van der Waals surface area contributed by atoms with E-state index in [9.17, 15) is 0 Å². The number of nitrogens with zero attached hydrogens (tertiary/aromatic N) is 3. The van der Waals surface area contributed by atoms with Crippen molar-refractivity contribution in [1.29, 1.82) is 0 Å². The van der Waals surface area contributed by atoms with Crippen molar-refractivity contribution in [2.45, 2.75) is 6.92 Å². The molecule has 1 aliphatic rings. The topological polar surface area (TPSA) is 18.8 Å². The molecule has 1 rings (SSSR count). The van der Waals surface area contributed by atoms with E-state index in [2.05, 4.69) is 17.0 Å². The Morgan fingerprint density at radius 1 is 1.33 bits per heavy atom. The smallest absolute Gasteiger partial charge is 0.121 e. The molecule has 0 unspecified atom stereocenters. The molecular weight excluding hydrogens is 114 g/mol. The molecule has 0 saturated heterocycles. The highest BCUT2D eigenvalue weighted by Crippen LogP contribution is 1.97. The molecule has 0 saturated carbocycles. The van der Waals surface area contributed by atoms with Crippen LogP contribution in [0.25, 0.3) is 0 Å². The van der Waals surface area contributed by atoms with E-state index < -0.39 is 0 Å². The van der Waals surface area contributed by atoms with E-state index in [1.165, 1.54) is 0 Å². The highest BCUT2D eigenvalue weighted by Gasteiger charge is 2.07. The van der Waals surface area contributed by atoms with Crippen LogP contribution < -0.4 is 0 Å². The van der Waals surface area contributed by atoms with Crippen LogP contribution in [0.2, 0.25) is 0 Å². The first-order valence-corrected chi connectivity index (χ1v) is 3.17. The van der Waals surface area contributed by atoms with Crippen LogP contribution in [0, 0.1) is 0 Å². The van der Waals surface area contributed by atoms with Crippen LogP contribution in [0.3, 0.4) is 0 Å². The van der Waals surface area contributed by atoms with E-state index in [-0.39, 0.29) is 0 Å². The highest BCUT2D eigenvalue weighted by atomic mass is 15.5. The van der Waals surface area contributed by atoms with Gasteiger partial charge < -0.3 is 4.90 Å². The van der Waals surface area contributed by atoms with Crippen molar-refractivity contribution in [2.75, 3.05) is 27.2 Å². The zero-order valence-electron chi connectivity index (χ0n) is 6.26. The Morgan fingerprint density at radius 2 is 2.00 bits per heavy atom. The summed E-state index contributed by atoms with van der Waals surface area (Å²) in [4.78, 5) is 2.15. The number of hydrogen-bond donors (Lipinski definition) is 0. The zero-order chi connectivity index (χ0) is 6.85. The fraction of sp³-hybridized carbons (Fsp3) is 0.833. The monoisotopic (exact) mass is 127 g/mol. The average molecular weight is 127 g/mol. The van der Waals surface area contributed by atoms with Crippen molar-refractivity contribution in [3.8, 4) is 0 Å². The Bertz CT molecular complexity index is 130. The normalized spacial score (nSPS) is 20.1. The molecule has 3 heteroatoms. The number of rotatable bonds is 0. The van der Waals surface area contributed by atoms with E-state index >= 15 is 0 Å². The van der Waals surface area contributed by atoms with Crippen LogP contribution in [0.1, 0.15) is 6.92 Å². The highest BCUT2D eigenvalue weighted by molar-refractivity contribution is 5.79. The molecule has 0 N–H and O–H groups in total. The van der Waals surface area contributed by atoms with Gasteiger partial charge in [0, 0.05) is 20.6 Å².